The summed E-state index contributed by atoms with van der Waals surface area (Å²) in [5.74, 6) is 0.786. The lowest BCUT2D eigenvalue weighted by atomic mass is 10.2. The number of carbonyl (C=O) groups is 2. The molecule has 0 fully saturated rings. The number of benzene rings is 1. The lowest BCUT2D eigenvalue weighted by molar-refractivity contribution is -0.114. The summed E-state index contributed by atoms with van der Waals surface area (Å²) >= 11 is 0. The van der Waals surface area contributed by atoms with Crippen LogP contribution in [0.25, 0.3) is 0 Å². The molecule has 7 nitrogen and oxygen atoms in total. The highest BCUT2D eigenvalue weighted by Crippen LogP contribution is 2.17. The summed E-state index contributed by atoms with van der Waals surface area (Å²) in [6.07, 6.45) is 0. The van der Waals surface area contributed by atoms with Crippen molar-refractivity contribution in [2.45, 2.75) is 27.7 Å². The quantitative estimate of drug-likeness (QED) is 0.843. The predicted molar refractivity (Wildman–Crippen MR) is 99.0 cm³/mol. The number of nitrogens with zero attached hydrogens (tertiary/aromatic N) is 3. The van der Waals surface area contributed by atoms with Crippen LogP contribution in [0, 0.1) is 6.92 Å². The van der Waals surface area contributed by atoms with E-state index in [1.807, 2.05) is 13.8 Å². The topological polar surface area (TPSA) is 87.2 Å². The van der Waals surface area contributed by atoms with Gasteiger partial charge < -0.3 is 15.5 Å². The molecule has 0 atom stereocenters. The van der Waals surface area contributed by atoms with Crippen molar-refractivity contribution in [3.8, 4) is 0 Å². The molecule has 1 heterocycles. The maximum atomic E-state index is 12.5. The van der Waals surface area contributed by atoms with E-state index in [4.69, 9.17) is 0 Å². The molecule has 25 heavy (non-hydrogen) atoms. The Morgan fingerprint density at radius 3 is 2.28 bits per heavy atom. The van der Waals surface area contributed by atoms with Crippen LogP contribution >= 0.6 is 0 Å². The standard InChI is InChI=1S/C18H23N5O2/c1-5-23(6-2)17-11-16(19-12(3)20-17)18(25)22-15-9-7-8-14(10-15)21-13(4)24/h7-11H,5-6H2,1-4H3,(H,21,24)(H,22,25). The monoisotopic (exact) mass is 341 g/mol. The third-order valence-electron chi connectivity index (χ3n) is 3.59. The Kier molecular flexibility index (Phi) is 6.05. The Balaban J connectivity index is 2.22. The number of amides is 2. The van der Waals surface area contributed by atoms with Crippen LogP contribution in [0.15, 0.2) is 30.3 Å². The molecule has 0 saturated heterocycles. The number of aryl methyl sites for hydroxylation is 1. The smallest absolute Gasteiger partial charge is 0.274 e. The Morgan fingerprint density at radius 2 is 1.68 bits per heavy atom. The number of carbonyl (C=O) groups excluding carboxylic acids is 2. The van der Waals surface area contributed by atoms with Gasteiger partial charge in [0.25, 0.3) is 5.91 Å². The molecule has 0 spiro atoms. The van der Waals surface area contributed by atoms with Crippen molar-refractivity contribution in [1.82, 2.24) is 9.97 Å². The van der Waals surface area contributed by atoms with Crippen molar-refractivity contribution in [1.29, 1.82) is 0 Å². The van der Waals surface area contributed by atoms with Gasteiger partial charge in [0.15, 0.2) is 0 Å². The zero-order chi connectivity index (χ0) is 18.4. The van der Waals surface area contributed by atoms with Crippen LogP contribution in [0.3, 0.4) is 0 Å². The highest BCUT2D eigenvalue weighted by Gasteiger charge is 2.13. The van der Waals surface area contributed by atoms with E-state index in [1.54, 1.807) is 37.3 Å². The molecule has 2 aromatic rings. The molecule has 2 rings (SSSR count). The number of nitrogens with one attached hydrogen (secondary N) is 2. The van der Waals surface area contributed by atoms with Gasteiger partial charge in [-0.1, -0.05) is 6.07 Å². The van der Waals surface area contributed by atoms with Crippen LogP contribution < -0.4 is 15.5 Å². The average Bonchev–Trinajstić information content (AvgIpc) is 2.55. The van der Waals surface area contributed by atoms with Crippen molar-refractivity contribution >= 4 is 29.0 Å². The summed E-state index contributed by atoms with van der Waals surface area (Å²) in [6, 6.07) is 8.64. The largest absolute Gasteiger partial charge is 0.357 e. The Bertz CT molecular complexity index is 772. The van der Waals surface area contributed by atoms with Crippen molar-refractivity contribution in [2.24, 2.45) is 0 Å². The molecule has 7 heteroatoms. The van der Waals surface area contributed by atoms with Gasteiger partial charge in [-0.25, -0.2) is 9.97 Å². The zero-order valence-corrected chi connectivity index (χ0v) is 15.0. The van der Waals surface area contributed by atoms with E-state index < -0.39 is 0 Å². The van der Waals surface area contributed by atoms with Crippen molar-refractivity contribution in [2.75, 3.05) is 28.6 Å². The van der Waals surface area contributed by atoms with E-state index in [0.29, 0.717) is 22.9 Å². The van der Waals surface area contributed by atoms with E-state index in [9.17, 15) is 9.59 Å². The maximum Gasteiger partial charge on any atom is 0.274 e. The second-order valence-electron chi connectivity index (χ2n) is 5.55. The highest BCUT2D eigenvalue weighted by molar-refractivity contribution is 6.03. The van der Waals surface area contributed by atoms with Gasteiger partial charge in [-0.05, 0) is 39.0 Å². The van der Waals surface area contributed by atoms with Gasteiger partial charge in [-0.15, -0.1) is 0 Å². The molecule has 2 amide bonds. The van der Waals surface area contributed by atoms with E-state index in [2.05, 4.69) is 25.5 Å². The lowest BCUT2D eigenvalue weighted by Crippen LogP contribution is -2.24. The summed E-state index contributed by atoms with van der Waals surface area (Å²) in [4.78, 5) is 34.4. The molecule has 0 aliphatic carbocycles. The lowest BCUT2D eigenvalue weighted by Gasteiger charge is -2.20. The number of aromatic nitrogens is 2. The number of hydrogen-bond donors (Lipinski definition) is 2. The van der Waals surface area contributed by atoms with Gasteiger partial charge in [0.2, 0.25) is 5.91 Å². The molecule has 0 bridgehead atoms. The van der Waals surface area contributed by atoms with E-state index in [0.717, 1.165) is 18.9 Å². The van der Waals surface area contributed by atoms with Crippen molar-refractivity contribution in [3.63, 3.8) is 0 Å². The van der Waals surface area contributed by atoms with Gasteiger partial charge in [0.1, 0.15) is 17.3 Å². The normalized spacial score (nSPS) is 10.2. The fraction of sp³-hybridized carbons (Fsp3) is 0.333. The number of hydrogen-bond acceptors (Lipinski definition) is 5. The molecule has 1 aromatic heterocycles. The van der Waals surface area contributed by atoms with Gasteiger partial charge in [0.05, 0.1) is 0 Å². The Hall–Kier alpha value is -2.96. The van der Waals surface area contributed by atoms with E-state index in [1.165, 1.54) is 6.92 Å². The summed E-state index contributed by atoms with van der Waals surface area (Å²) in [6.45, 7) is 8.87. The zero-order valence-electron chi connectivity index (χ0n) is 15.0. The van der Waals surface area contributed by atoms with E-state index >= 15 is 0 Å². The van der Waals surface area contributed by atoms with Crippen LogP contribution in [-0.4, -0.2) is 34.9 Å². The number of rotatable bonds is 6. The molecular weight excluding hydrogens is 318 g/mol. The molecule has 0 aliphatic rings. The van der Waals surface area contributed by atoms with E-state index in [-0.39, 0.29) is 11.8 Å². The van der Waals surface area contributed by atoms with Gasteiger partial charge in [-0.2, -0.15) is 0 Å². The molecule has 0 radical (unpaired) electrons. The Labute approximate surface area is 147 Å². The minimum Gasteiger partial charge on any atom is -0.357 e. The van der Waals surface area contributed by atoms with Crippen LogP contribution in [0.4, 0.5) is 17.2 Å². The molecular formula is C18H23N5O2. The predicted octanol–water partition coefficient (Wildman–Crippen LogP) is 2.84. The molecule has 2 N–H and O–H groups in total. The van der Waals surface area contributed by atoms with Crippen molar-refractivity contribution < 1.29 is 9.59 Å². The fourth-order valence-electron chi connectivity index (χ4n) is 2.45. The maximum absolute atomic E-state index is 12.5. The second kappa shape index (κ2) is 8.23. The molecule has 0 aliphatic heterocycles. The summed E-state index contributed by atoms with van der Waals surface area (Å²) in [7, 11) is 0. The molecule has 1 aromatic carbocycles. The first-order valence-electron chi connectivity index (χ1n) is 8.22. The summed E-state index contributed by atoms with van der Waals surface area (Å²) < 4.78 is 0. The van der Waals surface area contributed by atoms with Crippen LogP contribution in [-0.2, 0) is 4.79 Å². The molecule has 0 unspecified atom stereocenters. The van der Waals surface area contributed by atoms with Crippen LogP contribution in [0.2, 0.25) is 0 Å². The third-order valence-corrected chi connectivity index (χ3v) is 3.59. The van der Waals surface area contributed by atoms with Gasteiger partial charge in [0, 0.05) is 37.5 Å². The van der Waals surface area contributed by atoms with Gasteiger partial charge in [-0.3, -0.25) is 9.59 Å². The van der Waals surface area contributed by atoms with Crippen LogP contribution in [0.5, 0.6) is 0 Å². The van der Waals surface area contributed by atoms with Gasteiger partial charge >= 0.3 is 0 Å². The van der Waals surface area contributed by atoms with Crippen molar-refractivity contribution in [3.05, 3.63) is 41.9 Å². The van der Waals surface area contributed by atoms with Crippen LogP contribution in [0.1, 0.15) is 37.1 Å². The molecule has 0 saturated carbocycles. The highest BCUT2D eigenvalue weighted by atomic mass is 16.2. The number of anilines is 3. The summed E-state index contributed by atoms with van der Waals surface area (Å²) in [5.41, 5.74) is 1.50. The first-order valence-corrected chi connectivity index (χ1v) is 8.22. The Morgan fingerprint density at radius 1 is 1.04 bits per heavy atom. The third kappa shape index (κ3) is 5.00. The second-order valence-corrected chi connectivity index (χ2v) is 5.55. The fourth-order valence-corrected chi connectivity index (χ4v) is 2.45. The SMILES string of the molecule is CCN(CC)c1cc(C(=O)Nc2cccc(NC(C)=O)c2)nc(C)n1. The first-order chi connectivity index (χ1) is 11.9. The average molecular weight is 341 g/mol. The molecule has 132 valence electrons. The minimum absolute atomic E-state index is 0.168. The first kappa shape index (κ1) is 18.4. The minimum atomic E-state index is -0.320. The summed E-state index contributed by atoms with van der Waals surface area (Å²) in [5, 5.41) is 5.49.